The van der Waals surface area contributed by atoms with Crippen LogP contribution >= 0.6 is 15.9 Å². The molecule has 20 heavy (non-hydrogen) atoms. The van der Waals surface area contributed by atoms with Gasteiger partial charge in [0.05, 0.1) is 13.2 Å². The van der Waals surface area contributed by atoms with Crippen molar-refractivity contribution in [1.82, 2.24) is 5.32 Å². The highest BCUT2D eigenvalue weighted by molar-refractivity contribution is 9.10. The predicted molar refractivity (Wildman–Crippen MR) is 81.6 cm³/mol. The molecule has 0 unspecified atom stereocenters. The molecule has 1 amide bonds. The van der Waals surface area contributed by atoms with Crippen LogP contribution in [0.4, 0.5) is 0 Å². The van der Waals surface area contributed by atoms with Crippen LogP contribution in [0, 0.1) is 32.1 Å². The normalized spacial score (nSPS) is 10.0. The molecule has 0 saturated carbocycles. The summed E-state index contributed by atoms with van der Waals surface area (Å²) in [6.07, 6.45) is 0.461. The lowest BCUT2D eigenvalue weighted by atomic mass is 9.99. The Balaban J connectivity index is 3.01. The zero-order valence-electron chi connectivity index (χ0n) is 12.3. The van der Waals surface area contributed by atoms with Crippen molar-refractivity contribution in [3.8, 4) is 11.8 Å². The van der Waals surface area contributed by atoms with E-state index >= 15 is 0 Å². The first-order valence-corrected chi connectivity index (χ1v) is 7.19. The van der Waals surface area contributed by atoms with Crippen molar-refractivity contribution in [2.75, 3.05) is 7.11 Å². The zero-order chi connectivity index (χ0) is 15.3. The Morgan fingerprint density at radius 2 is 1.95 bits per heavy atom. The molecule has 0 aliphatic rings. The molecule has 0 atom stereocenters. The molecule has 0 fully saturated rings. The fraction of sp³-hybridized carbons (Fsp3) is 0.467. The number of hydrogen-bond acceptors (Lipinski definition) is 3. The fourth-order valence-electron chi connectivity index (χ4n) is 2.08. The number of carbonyl (C=O) groups excluding carboxylic acids is 1. The number of nitrogens with one attached hydrogen (secondary N) is 1. The van der Waals surface area contributed by atoms with E-state index in [9.17, 15) is 4.79 Å². The smallest absolute Gasteiger partial charge is 0.221 e. The number of rotatable bonds is 5. The van der Waals surface area contributed by atoms with E-state index in [1.54, 1.807) is 7.11 Å². The lowest BCUT2D eigenvalue weighted by Crippen LogP contribution is -2.23. The second-order valence-corrected chi connectivity index (χ2v) is 5.43. The number of nitriles is 1. The number of halogens is 1. The monoisotopic (exact) mass is 338 g/mol. The summed E-state index contributed by atoms with van der Waals surface area (Å²) in [5, 5.41) is 11.3. The van der Waals surface area contributed by atoms with Gasteiger partial charge >= 0.3 is 0 Å². The Morgan fingerprint density at radius 1 is 1.30 bits per heavy atom. The molecule has 0 aliphatic carbocycles. The third-order valence-corrected chi connectivity index (χ3v) is 4.61. The van der Waals surface area contributed by atoms with Crippen LogP contribution in [0.5, 0.6) is 5.75 Å². The highest BCUT2D eigenvalue weighted by atomic mass is 79.9. The van der Waals surface area contributed by atoms with Crippen molar-refractivity contribution in [2.24, 2.45) is 0 Å². The third kappa shape index (κ3) is 3.51. The van der Waals surface area contributed by atoms with Crippen LogP contribution < -0.4 is 10.1 Å². The molecular formula is C15H19BrN2O2. The minimum atomic E-state index is -0.123. The summed E-state index contributed by atoms with van der Waals surface area (Å²) in [7, 11) is 1.64. The van der Waals surface area contributed by atoms with Gasteiger partial charge in [0.1, 0.15) is 5.75 Å². The van der Waals surface area contributed by atoms with Gasteiger partial charge in [-0.1, -0.05) is 15.9 Å². The Kier molecular flexibility index (Phi) is 6.03. The molecule has 0 spiro atoms. The first kappa shape index (κ1) is 16.5. The van der Waals surface area contributed by atoms with E-state index in [1.807, 2.05) is 26.8 Å². The van der Waals surface area contributed by atoms with Crippen LogP contribution in [-0.4, -0.2) is 13.0 Å². The van der Waals surface area contributed by atoms with E-state index in [4.69, 9.17) is 10.00 Å². The second kappa shape index (κ2) is 7.30. The Bertz CT molecular complexity index is 562. The van der Waals surface area contributed by atoms with Gasteiger partial charge in [-0.25, -0.2) is 0 Å². The fourth-order valence-corrected chi connectivity index (χ4v) is 2.62. The van der Waals surface area contributed by atoms with Gasteiger partial charge in [0.25, 0.3) is 0 Å². The maximum Gasteiger partial charge on any atom is 0.221 e. The number of methoxy groups -OCH3 is 1. The molecule has 108 valence electrons. The first-order valence-electron chi connectivity index (χ1n) is 6.39. The summed E-state index contributed by atoms with van der Waals surface area (Å²) < 4.78 is 6.52. The quantitative estimate of drug-likeness (QED) is 0.895. The van der Waals surface area contributed by atoms with Gasteiger partial charge in [-0.15, -0.1) is 0 Å². The van der Waals surface area contributed by atoms with E-state index in [2.05, 4.69) is 21.2 Å². The van der Waals surface area contributed by atoms with Gasteiger partial charge in [0.15, 0.2) is 0 Å². The number of ether oxygens (including phenoxy) is 1. The minimum Gasteiger partial charge on any atom is -0.496 e. The molecule has 1 aromatic carbocycles. The van der Waals surface area contributed by atoms with Crippen LogP contribution in [0.1, 0.15) is 35.1 Å². The number of benzene rings is 1. The molecule has 1 rings (SSSR count). The molecule has 0 aromatic heterocycles. The highest BCUT2D eigenvalue weighted by Crippen LogP contribution is 2.35. The van der Waals surface area contributed by atoms with Crippen molar-refractivity contribution in [3.05, 3.63) is 26.7 Å². The summed E-state index contributed by atoms with van der Waals surface area (Å²) in [4.78, 5) is 11.6. The van der Waals surface area contributed by atoms with Gasteiger partial charge in [0.2, 0.25) is 5.91 Å². The average molecular weight is 339 g/mol. The van der Waals surface area contributed by atoms with Gasteiger partial charge in [-0.2, -0.15) is 5.26 Å². The lowest BCUT2D eigenvalue weighted by Gasteiger charge is -2.19. The van der Waals surface area contributed by atoms with Crippen LogP contribution in [0.15, 0.2) is 4.47 Å². The molecule has 1 N–H and O–H groups in total. The second-order valence-electron chi connectivity index (χ2n) is 4.64. The van der Waals surface area contributed by atoms with Crippen molar-refractivity contribution >= 4 is 21.8 Å². The summed E-state index contributed by atoms with van der Waals surface area (Å²) >= 11 is 3.58. The summed E-state index contributed by atoms with van der Waals surface area (Å²) in [5.41, 5.74) is 4.23. The van der Waals surface area contributed by atoms with Crippen molar-refractivity contribution in [1.29, 1.82) is 5.26 Å². The number of carbonyl (C=O) groups is 1. The van der Waals surface area contributed by atoms with E-state index in [-0.39, 0.29) is 18.7 Å². The molecule has 1 aromatic rings. The Morgan fingerprint density at radius 3 is 2.50 bits per heavy atom. The van der Waals surface area contributed by atoms with Gasteiger partial charge < -0.3 is 10.1 Å². The van der Waals surface area contributed by atoms with E-state index in [0.29, 0.717) is 6.54 Å². The third-order valence-electron chi connectivity index (χ3n) is 3.42. The average Bonchev–Trinajstić information content (AvgIpc) is 2.45. The maximum absolute atomic E-state index is 11.6. The Hall–Kier alpha value is -1.54. The zero-order valence-corrected chi connectivity index (χ0v) is 13.8. The van der Waals surface area contributed by atoms with Gasteiger partial charge in [-0.05, 0) is 37.5 Å². The van der Waals surface area contributed by atoms with E-state index in [0.717, 1.165) is 32.5 Å². The SMILES string of the molecule is COc1c(C)c(C)c(Br)c(C)c1CNC(=O)CCC#N. The molecule has 0 aliphatic heterocycles. The number of nitrogens with zero attached hydrogens (tertiary/aromatic N) is 1. The van der Waals surface area contributed by atoms with Gasteiger partial charge in [0, 0.05) is 29.4 Å². The first-order chi connectivity index (χ1) is 9.43. The van der Waals surface area contributed by atoms with E-state index in [1.165, 1.54) is 0 Å². The van der Waals surface area contributed by atoms with Crippen molar-refractivity contribution in [3.63, 3.8) is 0 Å². The highest BCUT2D eigenvalue weighted by Gasteiger charge is 2.17. The van der Waals surface area contributed by atoms with Crippen LogP contribution in [0.3, 0.4) is 0 Å². The van der Waals surface area contributed by atoms with Gasteiger partial charge in [-0.3, -0.25) is 4.79 Å². The van der Waals surface area contributed by atoms with Crippen LogP contribution in [0.25, 0.3) is 0 Å². The van der Waals surface area contributed by atoms with Crippen molar-refractivity contribution < 1.29 is 9.53 Å². The van der Waals surface area contributed by atoms with Crippen molar-refractivity contribution in [2.45, 2.75) is 40.2 Å². The summed E-state index contributed by atoms with van der Waals surface area (Å²) in [6, 6.07) is 1.96. The molecule has 4 nitrogen and oxygen atoms in total. The van der Waals surface area contributed by atoms with E-state index < -0.39 is 0 Å². The standard InChI is InChI=1S/C15H19BrN2O2/c1-9-10(2)15(20-4)12(11(3)14(9)16)8-18-13(19)6-5-7-17/h5-6,8H2,1-4H3,(H,18,19). The summed E-state index contributed by atoms with van der Waals surface area (Å²) in [5.74, 6) is 0.686. The largest absolute Gasteiger partial charge is 0.496 e. The number of amides is 1. The molecule has 0 saturated heterocycles. The number of hydrogen-bond donors (Lipinski definition) is 1. The molecule has 0 bridgehead atoms. The molecule has 0 heterocycles. The summed E-state index contributed by atoms with van der Waals surface area (Å²) in [6.45, 7) is 6.43. The maximum atomic E-state index is 11.6. The lowest BCUT2D eigenvalue weighted by molar-refractivity contribution is -0.121. The predicted octanol–water partition coefficient (Wildman–Crippen LogP) is 3.30. The van der Waals surface area contributed by atoms with Crippen LogP contribution in [-0.2, 0) is 11.3 Å². The molecular weight excluding hydrogens is 320 g/mol. The van der Waals surface area contributed by atoms with Crippen LogP contribution in [0.2, 0.25) is 0 Å². The minimum absolute atomic E-state index is 0.123. The Labute approximate surface area is 128 Å². The molecule has 5 heteroatoms. The topological polar surface area (TPSA) is 62.1 Å². The molecule has 0 radical (unpaired) electrons.